The van der Waals surface area contributed by atoms with Crippen molar-refractivity contribution >= 4 is 23.2 Å². The molecule has 46 heavy (non-hydrogen) atoms. The minimum absolute atomic E-state index is 0.156. The van der Waals surface area contributed by atoms with Crippen LogP contribution < -0.4 is 11.1 Å². The molecule has 2 aromatic carbocycles. The first-order chi connectivity index (χ1) is 22.1. The number of hydrogen-bond donors (Lipinski definition) is 2. The molecule has 0 bridgehead atoms. The number of carbonyl (C=O) groups is 2. The maximum atomic E-state index is 14.0. The highest BCUT2D eigenvalue weighted by atomic mass is 32.1. The highest BCUT2D eigenvalue weighted by Crippen LogP contribution is 2.42. The molecule has 6 rings (SSSR count). The van der Waals surface area contributed by atoms with Gasteiger partial charge < -0.3 is 15.5 Å². The molecule has 3 N–H and O–H groups in total. The third kappa shape index (κ3) is 6.46. The van der Waals surface area contributed by atoms with Gasteiger partial charge in [-0.1, -0.05) is 32.0 Å². The van der Waals surface area contributed by atoms with Crippen molar-refractivity contribution in [2.24, 2.45) is 11.7 Å². The molecule has 1 aliphatic carbocycles. The van der Waals surface area contributed by atoms with E-state index in [1.165, 1.54) is 35.6 Å². The molecule has 1 aliphatic rings. The number of primary amides is 1. The molecule has 5 aromatic rings. The summed E-state index contributed by atoms with van der Waals surface area (Å²) < 4.78 is 33.5. The Labute approximate surface area is 269 Å². The average Bonchev–Trinajstić information content (AvgIpc) is 3.76. The SMILES string of the molecule is Cc1nnc(-c2c(CCc3ccc(F)cc3)nc(CC(C)C)c(C(N)=O)c2-c2ccc(C(=O)NC3CCc4ccc(F)cc43)s2)o1. The van der Waals surface area contributed by atoms with Crippen molar-refractivity contribution in [3.8, 4) is 21.9 Å². The number of nitrogens with zero attached hydrogens (tertiary/aromatic N) is 3. The number of halogens is 2. The van der Waals surface area contributed by atoms with Gasteiger partial charge in [0.1, 0.15) is 11.6 Å². The zero-order valence-corrected chi connectivity index (χ0v) is 26.5. The van der Waals surface area contributed by atoms with Crippen molar-refractivity contribution < 1.29 is 22.8 Å². The predicted octanol–water partition coefficient (Wildman–Crippen LogP) is 6.95. The highest BCUT2D eigenvalue weighted by Gasteiger charge is 2.30. The predicted molar refractivity (Wildman–Crippen MR) is 171 cm³/mol. The average molecular weight is 642 g/mol. The molecule has 0 radical (unpaired) electrons. The number of nitrogens with two attached hydrogens (primary N) is 1. The number of aromatic nitrogens is 3. The number of pyridine rings is 1. The molecule has 1 atom stereocenters. The lowest BCUT2D eigenvalue weighted by Gasteiger charge is -2.19. The Bertz CT molecular complexity index is 1930. The summed E-state index contributed by atoms with van der Waals surface area (Å²) in [4.78, 5) is 32.7. The van der Waals surface area contributed by atoms with E-state index in [0.717, 1.165) is 23.1 Å². The number of aryl methyl sites for hydroxylation is 4. The smallest absolute Gasteiger partial charge is 0.261 e. The standard InChI is InChI=1S/C35H33F2N5O3S/c1-18(2)16-27-30(33(38)43)32(28-14-15-29(46-28)34(44)40-25-13-8-21-7-11-23(37)17-24(21)25)31(35-42-41-19(3)45-35)26(39-27)12-6-20-4-9-22(36)10-5-20/h4-5,7,9-11,14-15,17-18,25H,6,8,12-13,16H2,1-3H3,(H2,38,43)(H,40,44). The molecule has 3 heterocycles. The first-order valence-corrected chi connectivity index (χ1v) is 16.0. The minimum Gasteiger partial charge on any atom is -0.421 e. The number of carbonyl (C=O) groups excluding carboxylic acids is 2. The van der Waals surface area contributed by atoms with E-state index in [-0.39, 0.29) is 41.0 Å². The van der Waals surface area contributed by atoms with Crippen molar-refractivity contribution in [2.45, 2.75) is 58.9 Å². The third-order valence-electron chi connectivity index (χ3n) is 8.07. The number of benzene rings is 2. The largest absolute Gasteiger partial charge is 0.421 e. The van der Waals surface area contributed by atoms with Gasteiger partial charge in [0.25, 0.3) is 11.8 Å². The molecule has 2 amide bonds. The Hall–Kier alpha value is -4.77. The molecular weight excluding hydrogens is 608 g/mol. The van der Waals surface area contributed by atoms with E-state index in [2.05, 4.69) is 15.5 Å². The summed E-state index contributed by atoms with van der Waals surface area (Å²) in [5, 5.41) is 11.4. The van der Waals surface area contributed by atoms with Crippen LogP contribution in [0.3, 0.4) is 0 Å². The Morgan fingerprint density at radius 2 is 1.76 bits per heavy atom. The van der Waals surface area contributed by atoms with Crippen LogP contribution in [-0.4, -0.2) is 27.0 Å². The molecule has 11 heteroatoms. The lowest BCUT2D eigenvalue weighted by molar-refractivity contribution is 0.0939. The number of thiophene rings is 1. The van der Waals surface area contributed by atoms with E-state index in [4.69, 9.17) is 15.1 Å². The van der Waals surface area contributed by atoms with Crippen LogP contribution in [-0.2, 0) is 25.7 Å². The Kier molecular flexibility index (Phi) is 8.77. The molecule has 3 aromatic heterocycles. The van der Waals surface area contributed by atoms with Gasteiger partial charge in [-0.3, -0.25) is 14.6 Å². The second kappa shape index (κ2) is 12.9. The van der Waals surface area contributed by atoms with Crippen LogP contribution in [0.2, 0.25) is 0 Å². The summed E-state index contributed by atoms with van der Waals surface area (Å²) in [5.41, 5.74) is 11.1. The first-order valence-electron chi connectivity index (χ1n) is 15.2. The van der Waals surface area contributed by atoms with Gasteiger partial charge >= 0.3 is 0 Å². The van der Waals surface area contributed by atoms with E-state index in [0.29, 0.717) is 63.8 Å². The van der Waals surface area contributed by atoms with E-state index in [1.807, 2.05) is 13.8 Å². The fraction of sp³-hybridized carbons (Fsp3) is 0.286. The number of amides is 2. The first kappa shape index (κ1) is 31.2. The molecular formula is C35H33F2N5O3S. The van der Waals surface area contributed by atoms with Crippen LogP contribution in [0.25, 0.3) is 21.9 Å². The van der Waals surface area contributed by atoms with Gasteiger partial charge in [0.05, 0.1) is 33.4 Å². The number of fused-ring (bicyclic) bond motifs is 1. The van der Waals surface area contributed by atoms with Crippen molar-refractivity contribution in [3.05, 3.63) is 111 Å². The van der Waals surface area contributed by atoms with Crippen molar-refractivity contribution in [2.75, 3.05) is 0 Å². The topological polar surface area (TPSA) is 124 Å². The molecule has 8 nitrogen and oxygen atoms in total. The minimum atomic E-state index is -0.662. The summed E-state index contributed by atoms with van der Waals surface area (Å²) in [6, 6.07) is 14.1. The molecule has 0 spiro atoms. The summed E-state index contributed by atoms with van der Waals surface area (Å²) in [6.45, 7) is 5.73. The van der Waals surface area contributed by atoms with Crippen molar-refractivity contribution in [1.82, 2.24) is 20.5 Å². The normalized spacial score (nSPS) is 14.1. The molecule has 1 unspecified atom stereocenters. The van der Waals surface area contributed by atoms with Gasteiger partial charge in [-0.15, -0.1) is 21.5 Å². The van der Waals surface area contributed by atoms with Gasteiger partial charge in [0.15, 0.2) is 0 Å². The van der Waals surface area contributed by atoms with Crippen LogP contribution in [0, 0.1) is 24.5 Å². The van der Waals surface area contributed by atoms with Gasteiger partial charge in [-0.25, -0.2) is 8.78 Å². The zero-order chi connectivity index (χ0) is 32.5. The summed E-state index contributed by atoms with van der Waals surface area (Å²) in [5.74, 6) is -0.964. The summed E-state index contributed by atoms with van der Waals surface area (Å²) in [7, 11) is 0. The van der Waals surface area contributed by atoms with Crippen LogP contribution >= 0.6 is 11.3 Å². The zero-order valence-electron chi connectivity index (χ0n) is 25.7. The summed E-state index contributed by atoms with van der Waals surface area (Å²) in [6.07, 6.45) is 2.87. The van der Waals surface area contributed by atoms with Crippen molar-refractivity contribution in [1.29, 1.82) is 0 Å². The lowest BCUT2D eigenvalue weighted by atomic mass is 9.91. The van der Waals surface area contributed by atoms with Gasteiger partial charge in [0, 0.05) is 17.4 Å². The Morgan fingerprint density at radius 3 is 2.46 bits per heavy atom. The molecule has 0 saturated heterocycles. The molecule has 0 fully saturated rings. The Balaban J connectivity index is 1.45. The number of rotatable bonds is 10. The van der Waals surface area contributed by atoms with Crippen LogP contribution in [0.4, 0.5) is 8.78 Å². The van der Waals surface area contributed by atoms with Crippen LogP contribution in [0.5, 0.6) is 0 Å². The van der Waals surface area contributed by atoms with Gasteiger partial charge in [-0.05, 0) is 91.1 Å². The second-order valence-corrected chi connectivity index (χ2v) is 13.0. The van der Waals surface area contributed by atoms with Crippen molar-refractivity contribution in [3.63, 3.8) is 0 Å². The second-order valence-electron chi connectivity index (χ2n) is 11.9. The van der Waals surface area contributed by atoms with E-state index >= 15 is 0 Å². The van der Waals surface area contributed by atoms with E-state index in [1.54, 1.807) is 37.3 Å². The van der Waals surface area contributed by atoms with Gasteiger partial charge in [-0.2, -0.15) is 0 Å². The highest BCUT2D eigenvalue weighted by molar-refractivity contribution is 7.17. The Morgan fingerprint density at radius 1 is 1.00 bits per heavy atom. The third-order valence-corrected chi connectivity index (χ3v) is 9.17. The molecule has 236 valence electrons. The van der Waals surface area contributed by atoms with Crippen LogP contribution in [0.15, 0.2) is 59.0 Å². The summed E-state index contributed by atoms with van der Waals surface area (Å²) >= 11 is 1.21. The van der Waals surface area contributed by atoms with E-state index in [9.17, 15) is 18.4 Å². The fourth-order valence-electron chi connectivity index (χ4n) is 6.00. The lowest BCUT2D eigenvalue weighted by Crippen LogP contribution is -2.26. The number of hydrogen-bond acceptors (Lipinski definition) is 7. The molecule has 0 aliphatic heterocycles. The monoisotopic (exact) mass is 641 g/mol. The molecule has 0 saturated carbocycles. The maximum Gasteiger partial charge on any atom is 0.261 e. The van der Waals surface area contributed by atoms with Crippen LogP contribution in [0.1, 0.15) is 80.3 Å². The number of nitrogens with one attached hydrogen (secondary N) is 1. The quantitative estimate of drug-likeness (QED) is 0.170. The maximum absolute atomic E-state index is 14.0. The van der Waals surface area contributed by atoms with Gasteiger partial charge in [0.2, 0.25) is 11.8 Å². The van der Waals surface area contributed by atoms with E-state index < -0.39 is 5.91 Å². The fourth-order valence-corrected chi connectivity index (χ4v) is 6.97.